The Hall–Kier alpha value is -2.54. The van der Waals surface area contributed by atoms with Crippen molar-refractivity contribution in [3.63, 3.8) is 0 Å². The van der Waals surface area contributed by atoms with Gasteiger partial charge in [-0.2, -0.15) is 0 Å². The van der Waals surface area contributed by atoms with Crippen molar-refractivity contribution in [3.05, 3.63) is 52.8 Å². The van der Waals surface area contributed by atoms with E-state index >= 15 is 0 Å². The van der Waals surface area contributed by atoms with Crippen LogP contribution in [0.2, 0.25) is 5.15 Å². The van der Waals surface area contributed by atoms with Crippen molar-refractivity contribution < 1.29 is 19.1 Å². The number of carbonyl (C=O) groups is 2. The predicted molar refractivity (Wildman–Crippen MR) is 68.4 cm³/mol. The second-order valence-electron chi connectivity index (χ2n) is 3.65. The number of nitrogens with one attached hydrogen (secondary N) is 1. The summed E-state index contributed by atoms with van der Waals surface area (Å²) in [6.45, 7) is 0. The minimum Gasteiger partial charge on any atom is -0.478 e. The lowest BCUT2D eigenvalue weighted by atomic mass is 10.1. The Morgan fingerprint density at radius 2 is 2.00 bits per heavy atom. The quantitative estimate of drug-likeness (QED) is 0.906. The molecule has 2 N–H and O–H groups in total. The van der Waals surface area contributed by atoms with Crippen LogP contribution in [0.25, 0.3) is 0 Å². The van der Waals surface area contributed by atoms with Crippen LogP contribution in [-0.4, -0.2) is 27.0 Å². The van der Waals surface area contributed by atoms with Crippen molar-refractivity contribution in [2.45, 2.75) is 0 Å². The Bertz CT molecular complexity index is 676. The van der Waals surface area contributed by atoms with Gasteiger partial charge in [0.1, 0.15) is 16.7 Å². The highest BCUT2D eigenvalue weighted by Gasteiger charge is 2.18. The number of aromatic nitrogens is 2. The number of halogens is 2. The second-order valence-corrected chi connectivity index (χ2v) is 4.03. The number of hydrogen-bond donors (Lipinski definition) is 2. The van der Waals surface area contributed by atoms with Gasteiger partial charge in [0.15, 0.2) is 0 Å². The van der Waals surface area contributed by atoms with Gasteiger partial charge in [-0.25, -0.2) is 19.2 Å². The average molecular weight is 296 g/mol. The number of amides is 1. The van der Waals surface area contributed by atoms with Gasteiger partial charge >= 0.3 is 5.97 Å². The molecule has 2 rings (SSSR count). The maximum atomic E-state index is 13.6. The van der Waals surface area contributed by atoms with Crippen LogP contribution in [0, 0.1) is 5.82 Å². The maximum Gasteiger partial charge on any atom is 0.337 e. The number of hydrogen-bond acceptors (Lipinski definition) is 4. The molecule has 6 nitrogen and oxygen atoms in total. The molecule has 1 aromatic heterocycles. The van der Waals surface area contributed by atoms with E-state index in [2.05, 4.69) is 15.3 Å². The van der Waals surface area contributed by atoms with Gasteiger partial charge in [-0.15, -0.1) is 0 Å². The number of aromatic carboxylic acids is 1. The third-order valence-electron chi connectivity index (χ3n) is 2.34. The Kier molecular flexibility index (Phi) is 3.90. The lowest BCUT2D eigenvalue weighted by molar-refractivity contribution is 0.0697. The van der Waals surface area contributed by atoms with Crippen molar-refractivity contribution in [3.8, 4) is 0 Å². The summed E-state index contributed by atoms with van der Waals surface area (Å²) in [5.41, 5.74) is -0.906. The van der Waals surface area contributed by atoms with E-state index in [0.717, 1.165) is 18.5 Å². The highest BCUT2D eigenvalue weighted by atomic mass is 35.5. The van der Waals surface area contributed by atoms with Gasteiger partial charge in [0.05, 0.1) is 23.6 Å². The standard InChI is InChI=1S/C12H7ClFN3O3/c13-9-5-15-8(4-16-9)11(18)17-10-6(12(19)20)2-1-3-7(10)14/h1-5H,(H,17,18)(H,19,20). The van der Waals surface area contributed by atoms with Crippen LogP contribution in [0.3, 0.4) is 0 Å². The normalized spacial score (nSPS) is 10.1. The van der Waals surface area contributed by atoms with Crippen LogP contribution >= 0.6 is 11.6 Å². The predicted octanol–water partition coefficient (Wildman–Crippen LogP) is 2.22. The summed E-state index contributed by atoms with van der Waals surface area (Å²) in [5, 5.41) is 11.2. The fourth-order valence-corrected chi connectivity index (χ4v) is 1.53. The zero-order valence-electron chi connectivity index (χ0n) is 9.80. The molecule has 0 unspecified atom stereocenters. The van der Waals surface area contributed by atoms with E-state index in [-0.39, 0.29) is 16.4 Å². The number of nitrogens with zero attached hydrogens (tertiary/aromatic N) is 2. The van der Waals surface area contributed by atoms with Gasteiger partial charge in [-0.1, -0.05) is 17.7 Å². The van der Waals surface area contributed by atoms with E-state index in [0.29, 0.717) is 0 Å². The fraction of sp³-hybridized carbons (Fsp3) is 0. The maximum absolute atomic E-state index is 13.6. The summed E-state index contributed by atoms with van der Waals surface area (Å²) in [6.07, 6.45) is 2.24. The lowest BCUT2D eigenvalue weighted by Crippen LogP contribution is -2.17. The van der Waals surface area contributed by atoms with E-state index < -0.39 is 23.4 Å². The lowest BCUT2D eigenvalue weighted by Gasteiger charge is -2.08. The second kappa shape index (κ2) is 5.62. The average Bonchev–Trinajstić information content (AvgIpc) is 2.41. The number of para-hydroxylation sites is 1. The van der Waals surface area contributed by atoms with E-state index in [1.54, 1.807) is 0 Å². The molecule has 0 spiro atoms. The van der Waals surface area contributed by atoms with Crippen molar-refractivity contribution in [1.29, 1.82) is 0 Å². The van der Waals surface area contributed by atoms with Crippen LogP contribution < -0.4 is 5.32 Å². The molecule has 0 fully saturated rings. The molecule has 20 heavy (non-hydrogen) atoms. The molecular formula is C12H7ClFN3O3. The first-order valence-corrected chi connectivity index (χ1v) is 5.67. The molecule has 8 heteroatoms. The zero-order valence-corrected chi connectivity index (χ0v) is 10.6. The molecule has 0 atom stereocenters. The van der Waals surface area contributed by atoms with Crippen LogP contribution in [-0.2, 0) is 0 Å². The first-order valence-electron chi connectivity index (χ1n) is 5.29. The van der Waals surface area contributed by atoms with Gasteiger partial charge in [0, 0.05) is 0 Å². The highest BCUT2D eigenvalue weighted by Crippen LogP contribution is 2.20. The molecule has 1 aromatic carbocycles. The molecule has 0 aliphatic rings. The number of anilines is 1. The van der Waals surface area contributed by atoms with Crippen molar-refractivity contribution in [2.75, 3.05) is 5.32 Å². The molecule has 0 saturated heterocycles. The van der Waals surface area contributed by atoms with Gasteiger partial charge in [-0.3, -0.25) is 4.79 Å². The van der Waals surface area contributed by atoms with E-state index in [1.165, 1.54) is 12.1 Å². The summed E-state index contributed by atoms with van der Waals surface area (Å²) in [4.78, 5) is 30.2. The Morgan fingerprint density at radius 3 is 2.60 bits per heavy atom. The van der Waals surface area contributed by atoms with E-state index in [1.807, 2.05) is 0 Å². The number of carboxylic acids is 1. The first kappa shape index (κ1) is 13.9. The molecule has 1 heterocycles. The summed E-state index contributed by atoms with van der Waals surface area (Å²) >= 11 is 5.53. The first-order chi connectivity index (χ1) is 9.49. The topological polar surface area (TPSA) is 92.2 Å². The monoisotopic (exact) mass is 295 g/mol. The largest absolute Gasteiger partial charge is 0.478 e. The fourth-order valence-electron chi connectivity index (χ4n) is 1.44. The Morgan fingerprint density at radius 1 is 1.25 bits per heavy atom. The number of rotatable bonds is 3. The summed E-state index contributed by atoms with van der Waals surface area (Å²) in [6, 6.07) is 3.45. The summed E-state index contributed by atoms with van der Waals surface area (Å²) in [5.74, 6) is -3.01. The number of carboxylic acid groups (broad SMARTS) is 1. The SMILES string of the molecule is O=C(Nc1c(F)cccc1C(=O)O)c1cnc(Cl)cn1. The van der Waals surface area contributed by atoms with Crippen LogP contribution in [0.1, 0.15) is 20.8 Å². The third kappa shape index (κ3) is 2.89. The molecule has 0 bridgehead atoms. The van der Waals surface area contributed by atoms with Crippen molar-refractivity contribution in [2.24, 2.45) is 0 Å². The highest BCUT2D eigenvalue weighted by molar-refractivity contribution is 6.29. The van der Waals surface area contributed by atoms with Crippen LogP contribution in [0.4, 0.5) is 10.1 Å². The van der Waals surface area contributed by atoms with Gasteiger partial charge in [-0.05, 0) is 12.1 Å². The number of carbonyl (C=O) groups excluding carboxylic acids is 1. The third-order valence-corrected chi connectivity index (χ3v) is 2.53. The van der Waals surface area contributed by atoms with E-state index in [4.69, 9.17) is 16.7 Å². The Labute approximate surface area is 117 Å². The van der Waals surface area contributed by atoms with Crippen LogP contribution in [0.15, 0.2) is 30.6 Å². The molecule has 0 saturated carbocycles. The molecule has 2 aromatic rings. The van der Waals surface area contributed by atoms with Gasteiger partial charge in [0.2, 0.25) is 0 Å². The molecule has 0 radical (unpaired) electrons. The van der Waals surface area contributed by atoms with Crippen molar-refractivity contribution >= 4 is 29.2 Å². The Balaban J connectivity index is 2.32. The smallest absolute Gasteiger partial charge is 0.337 e. The van der Waals surface area contributed by atoms with Crippen LogP contribution in [0.5, 0.6) is 0 Å². The molecule has 0 aliphatic heterocycles. The molecular weight excluding hydrogens is 289 g/mol. The molecule has 102 valence electrons. The molecule has 0 aliphatic carbocycles. The molecule has 1 amide bonds. The van der Waals surface area contributed by atoms with Gasteiger partial charge < -0.3 is 10.4 Å². The zero-order chi connectivity index (χ0) is 14.7. The summed E-state index contributed by atoms with van der Waals surface area (Å²) in [7, 11) is 0. The number of benzene rings is 1. The van der Waals surface area contributed by atoms with Gasteiger partial charge in [0.25, 0.3) is 5.91 Å². The van der Waals surface area contributed by atoms with E-state index in [9.17, 15) is 14.0 Å². The van der Waals surface area contributed by atoms with Crippen molar-refractivity contribution in [1.82, 2.24) is 9.97 Å². The minimum atomic E-state index is -1.36. The summed E-state index contributed by atoms with van der Waals surface area (Å²) < 4.78 is 13.6. The minimum absolute atomic E-state index is 0.0960.